The summed E-state index contributed by atoms with van der Waals surface area (Å²) in [5.41, 5.74) is 3.42. The Morgan fingerprint density at radius 3 is 2.48 bits per heavy atom. The molecule has 154 valence electrons. The van der Waals surface area contributed by atoms with Gasteiger partial charge in [-0.25, -0.2) is 5.43 Å². The van der Waals surface area contributed by atoms with E-state index in [9.17, 15) is 14.7 Å². The molecule has 2 aromatic carbocycles. The number of nitrogens with zero attached hydrogens (tertiary/aromatic N) is 1. The first-order valence-electron chi connectivity index (χ1n) is 8.68. The van der Waals surface area contributed by atoms with Crippen LogP contribution < -0.4 is 15.5 Å². The number of rotatable bonds is 7. The van der Waals surface area contributed by atoms with Gasteiger partial charge >= 0.3 is 0 Å². The van der Waals surface area contributed by atoms with Gasteiger partial charge in [0.05, 0.1) is 17.8 Å². The highest BCUT2D eigenvalue weighted by Crippen LogP contribution is 2.34. The number of nitrogens with one attached hydrogen (secondary N) is 2. The van der Waals surface area contributed by atoms with Crippen molar-refractivity contribution >= 4 is 45.6 Å². The van der Waals surface area contributed by atoms with Crippen molar-refractivity contribution in [1.82, 2.24) is 10.7 Å². The van der Waals surface area contributed by atoms with Crippen molar-refractivity contribution in [3.63, 3.8) is 0 Å². The second-order valence-electron chi connectivity index (χ2n) is 6.49. The quantitative estimate of drug-likeness (QED) is 0.414. The fraction of sp³-hybridized carbons (Fsp3) is 0.250. The number of hydrazone groups is 1. The van der Waals surface area contributed by atoms with Gasteiger partial charge < -0.3 is 15.2 Å². The standard InChI is InChI=1S/C20H21BrClN3O4/c1-11(2)17(24-19(27)13-4-6-14(22)7-5-13)20(28)25-23-10-12-8-15(21)18(26)16(9-12)29-3/h4-11,17,26H,1-3H3,(H,24,27)(H,25,28)/b23-10+. The van der Waals surface area contributed by atoms with Crippen molar-refractivity contribution in [2.24, 2.45) is 11.0 Å². The molecule has 2 amide bonds. The lowest BCUT2D eigenvalue weighted by Crippen LogP contribution is -2.48. The monoisotopic (exact) mass is 481 g/mol. The van der Waals surface area contributed by atoms with Crippen LogP contribution in [0.4, 0.5) is 0 Å². The van der Waals surface area contributed by atoms with Crippen LogP contribution in [0.5, 0.6) is 11.5 Å². The Hall–Kier alpha value is -2.58. The molecule has 0 aliphatic rings. The maximum atomic E-state index is 12.5. The van der Waals surface area contributed by atoms with E-state index in [1.165, 1.54) is 13.3 Å². The molecule has 0 aliphatic carbocycles. The average Bonchev–Trinajstić information content (AvgIpc) is 2.68. The van der Waals surface area contributed by atoms with Crippen LogP contribution in [0.25, 0.3) is 0 Å². The lowest BCUT2D eigenvalue weighted by molar-refractivity contribution is -0.123. The molecule has 1 unspecified atom stereocenters. The van der Waals surface area contributed by atoms with Crippen LogP contribution in [0.2, 0.25) is 5.02 Å². The summed E-state index contributed by atoms with van der Waals surface area (Å²) in [6.07, 6.45) is 1.41. The molecule has 0 bridgehead atoms. The molecule has 0 aliphatic heterocycles. The maximum absolute atomic E-state index is 12.5. The van der Waals surface area contributed by atoms with E-state index >= 15 is 0 Å². The van der Waals surface area contributed by atoms with E-state index in [0.717, 1.165) is 0 Å². The fourth-order valence-electron chi connectivity index (χ4n) is 2.42. The zero-order valence-corrected chi connectivity index (χ0v) is 18.4. The smallest absolute Gasteiger partial charge is 0.262 e. The number of phenolic OH excluding ortho intramolecular Hbond substituents is 1. The third kappa shape index (κ3) is 6.20. The van der Waals surface area contributed by atoms with Crippen molar-refractivity contribution in [3.05, 3.63) is 57.0 Å². The van der Waals surface area contributed by atoms with Crippen molar-refractivity contribution < 1.29 is 19.4 Å². The first kappa shape index (κ1) is 22.7. The molecule has 29 heavy (non-hydrogen) atoms. The lowest BCUT2D eigenvalue weighted by atomic mass is 10.0. The van der Waals surface area contributed by atoms with Gasteiger partial charge in [-0.3, -0.25) is 9.59 Å². The molecule has 9 heteroatoms. The molecule has 0 radical (unpaired) electrons. The molecule has 0 heterocycles. The van der Waals surface area contributed by atoms with Gasteiger partial charge in [-0.1, -0.05) is 25.4 Å². The zero-order chi connectivity index (χ0) is 21.6. The van der Waals surface area contributed by atoms with Crippen molar-refractivity contribution in [3.8, 4) is 11.5 Å². The molecule has 0 saturated carbocycles. The third-order valence-electron chi connectivity index (χ3n) is 4.00. The first-order valence-corrected chi connectivity index (χ1v) is 9.86. The Morgan fingerprint density at radius 2 is 1.90 bits per heavy atom. The van der Waals surface area contributed by atoms with Gasteiger partial charge in [0.2, 0.25) is 0 Å². The number of halogens is 2. The summed E-state index contributed by atoms with van der Waals surface area (Å²) in [6.45, 7) is 3.64. The molecule has 3 N–H and O–H groups in total. The number of aromatic hydroxyl groups is 1. The van der Waals surface area contributed by atoms with Crippen LogP contribution in [0.1, 0.15) is 29.8 Å². The molecule has 2 aromatic rings. The van der Waals surface area contributed by atoms with E-state index in [4.69, 9.17) is 16.3 Å². The minimum Gasteiger partial charge on any atom is -0.503 e. The number of methoxy groups -OCH3 is 1. The average molecular weight is 483 g/mol. The number of carbonyl (C=O) groups excluding carboxylic acids is 2. The molecule has 0 spiro atoms. The largest absolute Gasteiger partial charge is 0.503 e. The van der Waals surface area contributed by atoms with Crippen molar-refractivity contribution in [2.45, 2.75) is 19.9 Å². The highest BCUT2D eigenvalue weighted by Gasteiger charge is 2.24. The Balaban J connectivity index is 2.06. The molecule has 7 nitrogen and oxygen atoms in total. The lowest BCUT2D eigenvalue weighted by Gasteiger charge is -2.20. The second-order valence-corrected chi connectivity index (χ2v) is 7.78. The summed E-state index contributed by atoms with van der Waals surface area (Å²) in [7, 11) is 1.43. The number of carbonyl (C=O) groups is 2. The number of hydrogen-bond donors (Lipinski definition) is 3. The van der Waals surface area contributed by atoms with E-state index in [1.54, 1.807) is 36.4 Å². The molecular formula is C20H21BrClN3O4. The number of benzene rings is 2. The summed E-state index contributed by atoms with van der Waals surface area (Å²) < 4.78 is 5.50. The maximum Gasteiger partial charge on any atom is 0.262 e. The van der Waals surface area contributed by atoms with Gasteiger partial charge in [0, 0.05) is 10.6 Å². The third-order valence-corrected chi connectivity index (χ3v) is 4.86. The Bertz CT molecular complexity index is 917. The summed E-state index contributed by atoms with van der Waals surface area (Å²) in [5.74, 6) is -0.764. The van der Waals surface area contributed by atoms with Crippen LogP contribution in [0.3, 0.4) is 0 Å². The van der Waals surface area contributed by atoms with Gasteiger partial charge in [-0.15, -0.1) is 0 Å². The summed E-state index contributed by atoms with van der Waals surface area (Å²) in [6, 6.07) is 8.79. The number of ether oxygens (including phenoxy) is 1. The minimum atomic E-state index is -0.781. The summed E-state index contributed by atoms with van der Waals surface area (Å²) in [4.78, 5) is 24.9. The van der Waals surface area contributed by atoms with E-state index in [-0.39, 0.29) is 23.3 Å². The summed E-state index contributed by atoms with van der Waals surface area (Å²) in [5, 5.41) is 17.0. The molecule has 0 aromatic heterocycles. The Morgan fingerprint density at radius 1 is 1.24 bits per heavy atom. The number of phenols is 1. The van der Waals surface area contributed by atoms with Crippen LogP contribution >= 0.6 is 27.5 Å². The molecule has 1 atom stereocenters. The normalized spacial score (nSPS) is 12.1. The van der Waals surface area contributed by atoms with Gasteiger partial charge in [-0.2, -0.15) is 5.10 Å². The SMILES string of the molecule is COc1cc(/C=N/NC(=O)C(NC(=O)c2ccc(Cl)cc2)C(C)C)cc(Br)c1O. The molecular weight excluding hydrogens is 462 g/mol. The van der Waals surface area contributed by atoms with Gasteiger partial charge in [0.1, 0.15) is 6.04 Å². The van der Waals surface area contributed by atoms with E-state index < -0.39 is 11.9 Å². The predicted molar refractivity (Wildman–Crippen MR) is 116 cm³/mol. The van der Waals surface area contributed by atoms with Gasteiger partial charge in [-0.05, 0) is 63.8 Å². The number of amides is 2. The first-order chi connectivity index (χ1) is 13.7. The topological polar surface area (TPSA) is 100 Å². The molecule has 0 saturated heterocycles. The molecule has 2 rings (SSSR count). The van der Waals surface area contributed by atoms with E-state index in [2.05, 4.69) is 31.8 Å². The van der Waals surface area contributed by atoms with Gasteiger partial charge in [0.15, 0.2) is 11.5 Å². The highest BCUT2D eigenvalue weighted by molar-refractivity contribution is 9.10. The van der Waals surface area contributed by atoms with Gasteiger partial charge in [0.25, 0.3) is 11.8 Å². The van der Waals surface area contributed by atoms with E-state index in [0.29, 0.717) is 20.6 Å². The minimum absolute atomic E-state index is 0.0292. The zero-order valence-electron chi connectivity index (χ0n) is 16.1. The molecule has 0 fully saturated rings. The summed E-state index contributed by atoms with van der Waals surface area (Å²) >= 11 is 9.05. The highest BCUT2D eigenvalue weighted by atomic mass is 79.9. The van der Waals surface area contributed by atoms with Crippen molar-refractivity contribution in [2.75, 3.05) is 7.11 Å². The Kier molecular flexibility index (Phi) is 8.04. The van der Waals surface area contributed by atoms with Crippen LogP contribution in [-0.4, -0.2) is 36.3 Å². The Labute approximate surface area is 182 Å². The van der Waals surface area contributed by atoms with Crippen LogP contribution in [0, 0.1) is 5.92 Å². The number of hydrogen-bond acceptors (Lipinski definition) is 5. The van der Waals surface area contributed by atoms with E-state index in [1.807, 2.05) is 13.8 Å². The predicted octanol–water partition coefficient (Wildman–Crippen LogP) is 3.72. The fourth-order valence-corrected chi connectivity index (χ4v) is 3.01. The second kappa shape index (κ2) is 10.3. The van der Waals surface area contributed by atoms with Crippen LogP contribution in [-0.2, 0) is 4.79 Å². The van der Waals surface area contributed by atoms with Crippen LogP contribution in [0.15, 0.2) is 46.0 Å². The van der Waals surface area contributed by atoms with Crippen molar-refractivity contribution in [1.29, 1.82) is 0 Å².